The van der Waals surface area contributed by atoms with Crippen molar-refractivity contribution in [1.82, 2.24) is 15.3 Å². The van der Waals surface area contributed by atoms with Crippen molar-refractivity contribution in [2.24, 2.45) is 0 Å². The zero-order chi connectivity index (χ0) is 10.1. The van der Waals surface area contributed by atoms with Crippen molar-refractivity contribution in [1.29, 1.82) is 0 Å². The summed E-state index contributed by atoms with van der Waals surface area (Å²) in [4.78, 5) is 9.32. The molecule has 0 radical (unpaired) electrons. The lowest BCUT2D eigenvalue weighted by Crippen LogP contribution is -2.29. The Kier molecular flexibility index (Phi) is 2.41. The fourth-order valence-corrected chi connectivity index (χ4v) is 2.60. The molecule has 15 heavy (non-hydrogen) atoms. The van der Waals surface area contributed by atoms with Crippen LogP contribution in [0.25, 0.3) is 0 Å². The topological polar surface area (TPSA) is 37.8 Å². The van der Waals surface area contributed by atoms with E-state index < -0.39 is 0 Å². The van der Waals surface area contributed by atoms with Crippen LogP contribution in [-0.4, -0.2) is 23.1 Å². The van der Waals surface area contributed by atoms with Gasteiger partial charge in [0.15, 0.2) is 0 Å². The first-order valence-electron chi connectivity index (χ1n) is 5.99. The molecule has 1 aliphatic heterocycles. The summed E-state index contributed by atoms with van der Waals surface area (Å²) in [6.07, 6.45) is 8.04. The third kappa shape index (κ3) is 1.76. The number of piperidine rings is 1. The van der Waals surface area contributed by atoms with E-state index in [1.807, 2.05) is 6.20 Å². The van der Waals surface area contributed by atoms with Crippen LogP contribution in [0.3, 0.4) is 0 Å². The molecule has 0 spiro atoms. The molecule has 0 bridgehead atoms. The Bertz CT molecular complexity index is 356. The molecule has 3 heteroatoms. The van der Waals surface area contributed by atoms with E-state index in [-0.39, 0.29) is 0 Å². The van der Waals surface area contributed by atoms with E-state index >= 15 is 0 Å². The zero-order valence-electron chi connectivity index (χ0n) is 9.00. The lowest BCUT2D eigenvalue weighted by molar-refractivity contribution is 0.453. The number of nitrogens with zero attached hydrogens (tertiary/aromatic N) is 2. The summed E-state index contributed by atoms with van der Waals surface area (Å²) < 4.78 is 0. The molecular formula is C12H17N3. The van der Waals surface area contributed by atoms with Gasteiger partial charge in [-0.2, -0.15) is 0 Å². The number of aryl methyl sites for hydroxylation is 2. The van der Waals surface area contributed by atoms with E-state index in [1.54, 1.807) is 0 Å². The number of aromatic nitrogens is 2. The highest BCUT2D eigenvalue weighted by Crippen LogP contribution is 2.24. The summed E-state index contributed by atoms with van der Waals surface area (Å²) in [5.74, 6) is 0.595. The molecule has 2 heterocycles. The highest BCUT2D eigenvalue weighted by Gasteiger charge is 2.20. The van der Waals surface area contributed by atoms with Crippen molar-refractivity contribution in [3.05, 3.63) is 23.3 Å². The quantitative estimate of drug-likeness (QED) is 0.750. The van der Waals surface area contributed by atoms with Crippen LogP contribution >= 0.6 is 0 Å². The minimum atomic E-state index is 0.595. The second-order valence-corrected chi connectivity index (χ2v) is 4.59. The zero-order valence-corrected chi connectivity index (χ0v) is 9.00. The number of nitrogens with one attached hydrogen (secondary N) is 1. The van der Waals surface area contributed by atoms with Gasteiger partial charge in [0.2, 0.25) is 0 Å². The summed E-state index contributed by atoms with van der Waals surface area (Å²) in [6.45, 7) is 2.24. The minimum Gasteiger partial charge on any atom is -0.316 e. The van der Waals surface area contributed by atoms with Gasteiger partial charge >= 0.3 is 0 Å². The monoisotopic (exact) mass is 203 g/mol. The highest BCUT2D eigenvalue weighted by molar-refractivity contribution is 5.20. The van der Waals surface area contributed by atoms with Gasteiger partial charge in [-0.25, -0.2) is 0 Å². The van der Waals surface area contributed by atoms with Crippen LogP contribution in [0, 0.1) is 0 Å². The number of rotatable bonds is 1. The third-order valence-electron chi connectivity index (χ3n) is 3.49. The summed E-state index contributed by atoms with van der Waals surface area (Å²) >= 11 is 0. The predicted molar refractivity (Wildman–Crippen MR) is 58.9 cm³/mol. The van der Waals surface area contributed by atoms with Crippen LogP contribution < -0.4 is 5.32 Å². The molecule has 0 amide bonds. The van der Waals surface area contributed by atoms with Crippen molar-refractivity contribution in [2.45, 2.75) is 38.0 Å². The molecule has 1 fully saturated rings. The molecule has 1 aromatic heterocycles. The Hall–Kier alpha value is -0.960. The van der Waals surface area contributed by atoms with Gasteiger partial charge in [0, 0.05) is 18.7 Å². The van der Waals surface area contributed by atoms with Gasteiger partial charge in [-0.15, -0.1) is 0 Å². The SMILES string of the molecule is c1nc2c(nc1C1CCCNC1)CCC2. The van der Waals surface area contributed by atoms with Gasteiger partial charge < -0.3 is 5.32 Å². The van der Waals surface area contributed by atoms with Gasteiger partial charge in [0.1, 0.15) is 0 Å². The van der Waals surface area contributed by atoms with Crippen LogP contribution in [-0.2, 0) is 12.8 Å². The van der Waals surface area contributed by atoms with Gasteiger partial charge in [-0.1, -0.05) is 0 Å². The van der Waals surface area contributed by atoms with Crippen molar-refractivity contribution in [2.75, 3.05) is 13.1 Å². The number of hydrogen-bond donors (Lipinski definition) is 1. The first kappa shape index (κ1) is 9.28. The van der Waals surface area contributed by atoms with E-state index in [0.717, 1.165) is 25.9 Å². The molecule has 1 aromatic rings. The molecule has 3 rings (SSSR count). The number of hydrogen-bond acceptors (Lipinski definition) is 3. The second-order valence-electron chi connectivity index (χ2n) is 4.59. The average Bonchev–Trinajstić information content (AvgIpc) is 2.77. The molecule has 1 saturated heterocycles. The van der Waals surface area contributed by atoms with Crippen molar-refractivity contribution in [3.8, 4) is 0 Å². The molecule has 1 atom stereocenters. The summed E-state index contributed by atoms with van der Waals surface area (Å²) in [5, 5.41) is 3.43. The van der Waals surface area contributed by atoms with Crippen molar-refractivity contribution in [3.63, 3.8) is 0 Å². The van der Waals surface area contributed by atoms with Crippen LogP contribution in [0.1, 0.15) is 42.3 Å². The summed E-state index contributed by atoms with van der Waals surface area (Å²) in [7, 11) is 0. The van der Waals surface area contributed by atoms with Crippen LogP contribution in [0.4, 0.5) is 0 Å². The summed E-state index contributed by atoms with van der Waals surface area (Å²) in [5.41, 5.74) is 3.71. The van der Waals surface area contributed by atoms with E-state index in [2.05, 4.69) is 10.3 Å². The third-order valence-corrected chi connectivity index (χ3v) is 3.49. The van der Waals surface area contributed by atoms with Gasteiger partial charge in [0.25, 0.3) is 0 Å². The highest BCUT2D eigenvalue weighted by atomic mass is 14.9. The average molecular weight is 203 g/mol. The smallest absolute Gasteiger partial charge is 0.0633 e. The van der Waals surface area contributed by atoms with E-state index in [0.29, 0.717) is 5.92 Å². The van der Waals surface area contributed by atoms with Gasteiger partial charge in [0.05, 0.1) is 17.1 Å². The maximum Gasteiger partial charge on any atom is 0.0633 e. The van der Waals surface area contributed by atoms with Crippen molar-refractivity contribution < 1.29 is 0 Å². The van der Waals surface area contributed by atoms with E-state index in [9.17, 15) is 0 Å². The molecule has 1 N–H and O–H groups in total. The standard InChI is InChI=1S/C12H17N3/c1-4-10-11(5-1)15-12(8-14-10)9-3-2-6-13-7-9/h8-9,13H,1-7H2. The lowest BCUT2D eigenvalue weighted by atomic mass is 9.96. The molecule has 0 saturated carbocycles. The first-order valence-corrected chi connectivity index (χ1v) is 5.99. The second kappa shape index (κ2) is 3.89. The largest absolute Gasteiger partial charge is 0.316 e. The van der Waals surface area contributed by atoms with Crippen LogP contribution in [0.15, 0.2) is 6.20 Å². The number of fused-ring (bicyclic) bond motifs is 1. The fraction of sp³-hybridized carbons (Fsp3) is 0.667. The Morgan fingerprint density at radius 2 is 2.13 bits per heavy atom. The normalized spacial score (nSPS) is 25.2. The van der Waals surface area contributed by atoms with Gasteiger partial charge in [-0.05, 0) is 38.6 Å². The summed E-state index contributed by atoms with van der Waals surface area (Å²) in [6, 6.07) is 0. The molecule has 1 aliphatic carbocycles. The molecule has 1 unspecified atom stereocenters. The maximum atomic E-state index is 4.77. The van der Waals surface area contributed by atoms with Gasteiger partial charge in [-0.3, -0.25) is 9.97 Å². The molecule has 0 aromatic carbocycles. The maximum absolute atomic E-state index is 4.77. The Labute approximate surface area is 90.3 Å². The fourth-order valence-electron chi connectivity index (χ4n) is 2.60. The minimum absolute atomic E-state index is 0.595. The Morgan fingerprint density at radius 3 is 3.00 bits per heavy atom. The van der Waals surface area contributed by atoms with E-state index in [4.69, 9.17) is 4.98 Å². The molecular weight excluding hydrogens is 186 g/mol. The molecule has 3 nitrogen and oxygen atoms in total. The van der Waals surface area contributed by atoms with Crippen LogP contribution in [0.2, 0.25) is 0 Å². The predicted octanol–water partition coefficient (Wildman–Crippen LogP) is 1.43. The molecule has 80 valence electrons. The lowest BCUT2D eigenvalue weighted by Gasteiger charge is -2.22. The first-order chi connectivity index (χ1) is 7.43. The molecule has 2 aliphatic rings. The van der Waals surface area contributed by atoms with E-state index in [1.165, 1.54) is 36.3 Å². The van der Waals surface area contributed by atoms with Crippen molar-refractivity contribution >= 4 is 0 Å². The van der Waals surface area contributed by atoms with Crippen LogP contribution in [0.5, 0.6) is 0 Å². The Morgan fingerprint density at radius 1 is 1.20 bits per heavy atom. The Balaban J connectivity index is 1.85.